The fourth-order valence-corrected chi connectivity index (χ4v) is 1.99. The molecule has 5 heteroatoms. The Hall–Kier alpha value is -1.72. The minimum Gasteiger partial charge on any atom is -0.419 e. The second-order valence-corrected chi connectivity index (χ2v) is 4.71. The van der Waals surface area contributed by atoms with Crippen LogP contribution in [0.2, 0.25) is 0 Å². The predicted molar refractivity (Wildman–Crippen MR) is 65.8 cm³/mol. The van der Waals surface area contributed by atoms with Crippen LogP contribution in [0.3, 0.4) is 0 Å². The quantitative estimate of drug-likeness (QED) is 0.881. The molecule has 1 N–H and O–H groups in total. The van der Waals surface area contributed by atoms with Gasteiger partial charge in [0.05, 0.1) is 12.6 Å². The Kier molecular flexibility index (Phi) is 2.85. The molecule has 3 rings (SSSR count). The van der Waals surface area contributed by atoms with Crippen LogP contribution >= 0.6 is 0 Å². The highest BCUT2D eigenvalue weighted by Crippen LogP contribution is 2.19. The van der Waals surface area contributed by atoms with E-state index in [1.807, 2.05) is 31.2 Å². The van der Waals surface area contributed by atoms with Gasteiger partial charge < -0.3 is 9.52 Å². The Morgan fingerprint density at radius 1 is 1.28 bits per heavy atom. The van der Waals surface area contributed by atoms with E-state index in [1.165, 1.54) is 5.56 Å². The van der Waals surface area contributed by atoms with Gasteiger partial charge in [0.15, 0.2) is 0 Å². The van der Waals surface area contributed by atoms with Crippen LogP contribution in [-0.2, 0) is 6.54 Å². The van der Waals surface area contributed by atoms with Gasteiger partial charge in [-0.25, -0.2) is 0 Å². The van der Waals surface area contributed by atoms with Crippen LogP contribution in [0.1, 0.15) is 11.5 Å². The summed E-state index contributed by atoms with van der Waals surface area (Å²) in [4.78, 5) is 2.07. The molecule has 0 unspecified atom stereocenters. The first kappa shape index (κ1) is 11.4. The van der Waals surface area contributed by atoms with Gasteiger partial charge in [-0.05, 0) is 19.1 Å². The van der Waals surface area contributed by atoms with Gasteiger partial charge in [-0.15, -0.1) is 10.2 Å². The molecule has 1 saturated heterocycles. The molecule has 1 aliphatic heterocycles. The Bertz CT molecular complexity index is 529. The van der Waals surface area contributed by atoms with Gasteiger partial charge in [0.1, 0.15) is 0 Å². The highest BCUT2D eigenvalue weighted by Gasteiger charge is 2.25. The summed E-state index contributed by atoms with van der Waals surface area (Å²) >= 11 is 0. The number of aliphatic hydroxyl groups is 1. The number of aliphatic hydroxyl groups excluding tert-OH is 1. The van der Waals surface area contributed by atoms with Gasteiger partial charge in [0.2, 0.25) is 11.8 Å². The minimum atomic E-state index is -0.204. The van der Waals surface area contributed by atoms with Crippen LogP contribution in [0.25, 0.3) is 11.5 Å². The number of nitrogens with zero attached hydrogens (tertiary/aromatic N) is 3. The zero-order chi connectivity index (χ0) is 12.5. The third-order valence-electron chi connectivity index (χ3n) is 3.06. The van der Waals surface area contributed by atoms with Crippen LogP contribution in [0.15, 0.2) is 28.7 Å². The van der Waals surface area contributed by atoms with Gasteiger partial charge in [-0.2, -0.15) is 0 Å². The molecule has 94 valence electrons. The Morgan fingerprint density at radius 3 is 2.67 bits per heavy atom. The second-order valence-electron chi connectivity index (χ2n) is 4.71. The van der Waals surface area contributed by atoms with Crippen molar-refractivity contribution in [2.75, 3.05) is 13.1 Å². The predicted octanol–water partition coefficient (Wildman–Crippen LogP) is 1.22. The number of hydrogen-bond acceptors (Lipinski definition) is 5. The van der Waals surface area contributed by atoms with Crippen molar-refractivity contribution >= 4 is 0 Å². The Balaban J connectivity index is 1.71. The molecule has 1 fully saturated rings. The first-order chi connectivity index (χ1) is 8.70. The molecule has 5 nitrogen and oxygen atoms in total. The van der Waals surface area contributed by atoms with Crippen LogP contribution < -0.4 is 0 Å². The van der Waals surface area contributed by atoms with Gasteiger partial charge in [-0.1, -0.05) is 17.7 Å². The van der Waals surface area contributed by atoms with E-state index in [1.54, 1.807) is 0 Å². The second kappa shape index (κ2) is 4.51. The molecule has 0 atom stereocenters. The van der Waals surface area contributed by atoms with Crippen molar-refractivity contribution in [1.82, 2.24) is 15.1 Å². The summed E-state index contributed by atoms with van der Waals surface area (Å²) in [6, 6.07) is 7.98. The SMILES string of the molecule is Cc1ccc(-c2nnc(CN3CC(O)C3)o2)cc1. The van der Waals surface area contributed by atoms with Crippen molar-refractivity contribution < 1.29 is 9.52 Å². The van der Waals surface area contributed by atoms with Crippen molar-refractivity contribution in [2.45, 2.75) is 19.6 Å². The minimum absolute atomic E-state index is 0.204. The average molecular weight is 245 g/mol. The van der Waals surface area contributed by atoms with Crippen LogP contribution in [0.4, 0.5) is 0 Å². The maximum absolute atomic E-state index is 9.20. The Labute approximate surface area is 105 Å². The number of likely N-dealkylation sites (tertiary alicyclic amines) is 1. The first-order valence-corrected chi connectivity index (χ1v) is 6.00. The number of aromatic nitrogens is 2. The van der Waals surface area contributed by atoms with Crippen molar-refractivity contribution in [3.05, 3.63) is 35.7 Å². The molecule has 0 amide bonds. The smallest absolute Gasteiger partial charge is 0.247 e. The molecule has 0 bridgehead atoms. The standard InChI is InChI=1S/C13H15N3O2/c1-9-2-4-10(5-3-9)13-15-14-12(18-13)8-16-6-11(17)7-16/h2-5,11,17H,6-8H2,1H3. The van der Waals surface area contributed by atoms with E-state index < -0.39 is 0 Å². The summed E-state index contributed by atoms with van der Waals surface area (Å²) in [6.07, 6.45) is -0.204. The largest absolute Gasteiger partial charge is 0.419 e. The van der Waals surface area contributed by atoms with Gasteiger partial charge >= 0.3 is 0 Å². The van der Waals surface area contributed by atoms with E-state index >= 15 is 0 Å². The van der Waals surface area contributed by atoms with E-state index in [-0.39, 0.29) is 6.10 Å². The maximum Gasteiger partial charge on any atom is 0.247 e. The summed E-state index contributed by atoms with van der Waals surface area (Å²) in [5.41, 5.74) is 2.14. The lowest BCUT2D eigenvalue weighted by atomic mass is 10.1. The summed E-state index contributed by atoms with van der Waals surface area (Å²) < 4.78 is 5.61. The molecule has 2 aromatic rings. The third-order valence-corrected chi connectivity index (χ3v) is 3.06. The molecule has 0 aliphatic carbocycles. The van der Waals surface area contributed by atoms with Crippen LogP contribution in [-0.4, -0.2) is 39.4 Å². The fraction of sp³-hybridized carbons (Fsp3) is 0.385. The lowest BCUT2D eigenvalue weighted by molar-refractivity contribution is -0.00712. The van der Waals surface area contributed by atoms with E-state index in [0.717, 1.165) is 5.56 Å². The normalized spacial score (nSPS) is 16.8. The zero-order valence-corrected chi connectivity index (χ0v) is 10.2. The number of β-amino-alcohol motifs (C(OH)–C–C–N with tert-alkyl or cyclic N) is 1. The van der Waals surface area contributed by atoms with Crippen molar-refractivity contribution in [2.24, 2.45) is 0 Å². The molecule has 1 aromatic heterocycles. The summed E-state index contributed by atoms with van der Waals surface area (Å²) in [7, 11) is 0. The first-order valence-electron chi connectivity index (χ1n) is 6.00. The molecule has 2 heterocycles. The number of aryl methyl sites for hydroxylation is 1. The fourth-order valence-electron chi connectivity index (χ4n) is 1.99. The topological polar surface area (TPSA) is 62.4 Å². The van der Waals surface area contributed by atoms with Crippen LogP contribution in [0, 0.1) is 6.92 Å². The molecule has 18 heavy (non-hydrogen) atoms. The molecule has 0 spiro atoms. The van der Waals surface area contributed by atoms with E-state index in [9.17, 15) is 5.11 Å². The number of rotatable bonds is 3. The highest BCUT2D eigenvalue weighted by atomic mass is 16.4. The van der Waals surface area contributed by atoms with Gasteiger partial charge in [0.25, 0.3) is 0 Å². The molecule has 1 aromatic carbocycles. The lowest BCUT2D eigenvalue weighted by Gasteiger charge is -2.34. The summed E-state index contributed by atoms with van der Waals surface area (Å²) in [5.74, 6) is 1.14. The van der Waals surface area contributed by atoms with Gasteiger partial charge in [0, 0.05) is 18.7 Å². The maximum atomic E-state index is 9.20. The monoisotopic (exact) mass is 245 g/mol. The van der Waals surface area contributed by atoms with Gasteiger partial charge in [-0.3, -0.25) is 4.90 Å². The molecule has 0 radical (unpaired) electrons. The molecular weight excluding hydrogens is 230 g/mol. The molecule has 1 aliphatic rings. The van der Waals surface area contributed by atoms with E-state index in [2.05, 4.69) is 15.1 Å². The zero-order valence-electron chi connectivity index (χ0n) is 10.2. The van der Waals surface area contributed by atoms with Crippen molar-refractivity contribution in [3.63, 3.8) is 0 Å². The molecule has 0 saturated carbocycles. The Morgan fingerprint density at radius 2 is 2.00 bits per heavy atom. The molecular formula is C13H15N3O2. The number of hydrogen-bond donors (Lipinski definition) is 1. The third kappa shape index (κ3) is 2.27. The highest BCUT2D eigenvalue weighted by molar-refractivity contribution is 5.52. The van der Waals surface area contributed by atoms with Crippen molar-refractivity contribution in [1.29, 1.82) is 0 Å². The number of benzene rings is 1. The van der Waals surface area contributed by atoms with Crippen LogP contribution in [0.5, 0.6) is 0 Å². The van der Waals surface area contributed by atoms with E-state index in [0.29, 0.717) is 31.4 Å². The average Bonchev–Trinajstić information content (AvgIpc) is 2.77. The van der Waals surface area contributed by atoms with E-state index in [4.69, 9.17) is 4.42 Å². The lowest BCUT2D eigenvalue weighted by Crippen LogP contribution is -2.49. The van der Waals surface area contributed by atoms with Crippen molar-refractivity contribution in [3.8, 4) is 11.5 Å². The summed E-state index contributed by atoms with van der Waals surface area (Å²) in [6.45, 7) is 4.01. The summed E-state index contributed by atoms with van der Waals surface area (Å²) in [5, 5.41) is 17.3.